The molecule has 82 valence electrons. The van der Waals surface area contributed by atoms with E-state index in [0.717, 1.165) is 6.54 Å². The lowest BCUT2D eigenvalue weighted by Crippen LogP contribution is -2.30. The Morgan fingerprint density at radius 3 is 2.67 bits per heavy atom. The smallest absolute Gasteiger partial charge is 0.253 e. The first-order valence-corrected chi connectivity index (χ1v) is 5.39. The summed E-state index contributed by atoms with van der Waals surface area (Å²) >= 11 is 5.83. The molecule has 0 fully saturated rings. The predicted molar refractivity (Wildman–Crippen MR) is 63.3 cm³/mol. The van der Waals surface area contributed by atoms with Gasteiger partial charge in [-0.3, -0.25) is 4.79 Å². The van der Waals surface area contributed by atoms with Crippen LogP contribution in [0.4, 0.5) is 0 Å². The molecule has 0 heterocycles. The Kier molecular flexibility index (Phi) is 4.15. The van der Waals surface area contributed by atoms with E-state index in [4.69, 9.17) is 11.6 Å². The van der Waals surface area contributed by atoms with E-state index in [0.29, 0.717) is 16.5 Å². The largest absolute Gasteiger partial charge is 0.341 e. The van der Waals surface area contributed by atoms with Crippen LogP contribution in [0.2, 0.25) is 5.02 Å². The van der Waals surface area contributed by atoms with Gasteiger partial charge in [0.1, 0.15) is 0 Å². The highest BCUT2D eigenvalue weighted by atomic mass is 35.5. The second kappa shape index (κ2) is 5.17. The minimum Gasteiger partial charge on any atom is -0.341 e. The molecule has 15 heavy (non-hydrogen) atoms. The number of halogens is 1. The fraction of sp³-hybridized carbons (Fsp3) is 0.417. The summed E-state index contributed by atoms with van der Waals surface area (Å²) in [6.45, 7) is 4.93. The third-order valence-corrected chi connectivity index (χ3v) is 2.29. The molecule has 0 spiro atoms. The molecular weight excluding hydrogens is 210 g/mol. The van der Waals surface area contributed by atoms with Crippen LogP contribution in [0.1, 0.15) is 24.2 Å². The summed E-state index contributed by atoms with van der Waals surface area (Å²) in [4.78, 5) is 13.6. The molecule has 0 bridgehead atoms. The van der Waals surface area contributed by atoms with Crippen molar-refractivity contribution < 1.29 is 4.79 Å². The summed E-state index contributed by atoms with van der Waals surface area (Å²) in [6, 6.07) is 7.03. The second-order valence-electron chi connectivity index (χ2n) is 4.09. The predicted octanol–water partition coefficient (Wildman–Crippen LogP) is 3.07. The van der Waals surface area contributed by atoms with E-state index in [1.165, 1.54) is 0 Å². The molecule has 0 unspecified atom stereocenters. The fourth-order valence-corrected chi connectivity index (χ4v) is 1.66. The molecule has 3 heteroatoms. The van der Waals surface area contributed by atoms with E-state index < -0.39 is 0 Å². The van der Waals surface area contributed by atoms with Gasteiger partial charge in [-0.2, -0.15) is 0 Å². The Balaban J connectivity index is 2.76. The number of carbonyl (C=O) groups is 1. The van der Waals surface area contributed by atoms with Crippen LogP contribution in [0.25, 0.3) is 0 Å². The van der Waals surface area contributed by atoms with Gasteiger partial charge in [0, 0.05) is 24.2 Å². The van der Waals surface area contributed by atoms with E-state index in [9.17, 15) is 4.79 Å². The van der Waals surface area contributed by atoms with Crippen molar-refractivity contribution in [1.82, 2.24) is 4.90 Å². The molecule has 0 N–H and O–H groups in total. The lowest BCUT2D eigenvalue weighted by atomic mass is 10.1. The Morgan fingerprint density at radius 1 is 1.47 bits per heavy atom. The highest BCUT2D eigenvalue weighted by Gasteiger charge is 2.12. The van der Waals surface area contributed by atoms with Crippen molar-refractivity contribution in [1.29, 1.82) is 0 Å². The highest BCUT2D eigenvalue weighted by molar-refractivity contribution is 6.30. The Labute approximate surface area is 95.8 Å². The van der Waals surface area contributed by atoms with Crippen molar-refractivity contribution in [2.45, 2.75) is 13.8 Å². The van der Waals surface area contributed by atoms with Gasteiger partial charge in [0.2, 0.25) is 0 Å². The minimum atomic E-state index is 0.0196. The van der Waals surface area contributed by atoms with Crippen LogP contribution in [0, 0.1) is 5.92 Å². The molecule has 0 atom stereocenters. The maximum atomic E-state index is 11.9. The quantitative estimate of drug-likeness (QED) is 0.774. The van der Waals surface area contributed by atoms with Gasteiger partial charge in [0.15, 0.2) is 0 Å². The molecule has 0 saturated carbocycles. The summed E-state index contributed by atoms with van der Waals surface area (Å²) in [6.07, 6.45) is 0. The SMILES string of the molecule is CC(C)CN(C)C(=O)c1cccc(Cl)c1. The van der Waals surface area contributed by atoms with Crippen LogP contribution in [0.15, 0.2) is 24.3 Å². The number of amides is 1. The van der Waals surface area contributed by atoms with E-state index in [-0.39, 0.29) is 5.91 Å². The van der Waals surface area contributed by atoms with Crippen LogP contribution >= 0.6 is 11.6 Å². The third-order valence-electron chi connectivity index (χ3n) is 2.06. The van der Waals surface area contributed by atoms with Gasteiger partial charge in [0.05, 0.1) is 0 Å². The Bertz CT molecular complexity index is 349. The molecule has 0 saturated heterocycles. The second-order valence-corrected chi connectivity index (χ2v) is 4.53. The van der Waals surface area contributed by atoms with Crippen LogP contribution < -0.4 is 0 Å². The van der Waals surface area contributed by atoms with E-state index in [1.807, 2.05) is 7.05 Å². The molecule has 1 aromatic carbocycles. The molecule has 0 aromatic heterocycles. The van der Waals surface area contributed by atoms with E-state index >= 15 is 0 Å². The van der Waals surface area contributed by atoms with Gasteiger partial charge in [-0.25, -0.2) is 0 Å². The van der Waals surface area contributed by atoms with Gasteiger partial charge in [-0.15, -0.1) is 0 Å². The summed E-state index contributed by atoms with van der Waals surface area (Å²) in [5.41, 5.74) is 0.644. The molecule has 0 aliphatic carbocycles. The van der Waals surface area contributed by atoms with Gasteiger partial charge < -0.3 is 4.90 Å². The number of rotatable bonds is 3. The topological polar surface area (TPSA) is 20.3 Å². The Morgan fingerprint density at radius 2 is 2.13 bits per heavy atom. The molecule has 2 nitrogen and oxygen atoms in total. The number of nitrogens with zero attached hydrogens (tertiary/aromatic N) is 1. The van der Waals surface area contributed by atoms with Gasteiger partial charge in [-0.05, 0) is 24.1 Å². The molecule has 1 amide bonds. The van der Waals surface area contributed by atoms with E-state index in [1.54, 1.807) is 29.2 Å². The van der Waals surface area contributed by atoms with Crippen molar-refractivity contribution in [3.8, 4) is 0 Å². The fourth-order valence-electron chi connectivity index (χ4n) is 1.47. The first kappa shape index (κ1) is 12.1. The minimum absolute atomic E-state index is 0.0196. The third kappa shape index (κ3) is 3.56. The average molecular weight is 226 g/mol. The first-order valence-electron chi connectivity index (χ1n) is 5.01. The van der Waals surface area contributed by atoms with Crippen molar-refractivity contribution in [3.63, 3.8) is 0 Å². The molecule has 0 aliphatic rings. The van der Waals surface area contributed by atoms with Gasteiger partial charge in [-0.1, -0.05) is 31.5 Å². The van der Waals surface area contributed by atoms with E-state index in [2.05, 4.69) is 13.8 Å². The number of hydrogen-bond donors (Lipinski definition) is 0. The lowest BCUT2D eigenvalue weighted by molar-refractivity contribution is 0.0779. The normalized spacial score (nSPS) is 10.5. The zero-order valence-corrected chi connectivity index (χ0v) is 10.1. The van der Waals surface area contributed by atoms with Crippen LogP contribution in [-0.2, 0) is 0 Å². The van der Waals surface area contributed by atoms with Crippen molar-refractivity contribution in [2.24, 2.45) is 5.92 Å². The molecule has 1 rings (SSSR count). The number of benzene rings is 1. The Hall–Kier alpha value is -1.02. The number of carbonyl (C=O) groups excluding carboxylic acids is 1. The molecule has 0 radical (unpaired) electrons. The molecule has 0 aliphatic heterocycles. The highest BCUT2D eigenvalue weighted by Crippen LogP contribution is 2.12. The summed E-state index contributed by atoms with van der Waals surface area (Å²) in [7, 11) is 1.81. The summed E-state index contributed by atoms with van der Waals surface area (Å²) < 4.78 is 0. The van der Waals surface area contributed by atoms with Crippen molar-refractivity contribution in [2.75, 3.05) is 13.6 Å². The van der Waals surface area contributed by atoms with Crippen LogP contribution in [0.5, 0.6) is 0 Å². The standard InChI is InChI=1S/C12H16ClNO/c1-9(2)8-14(3)12(15)10-5-4-6-11(13)7-10/h4-7,9H,8H2,1-3H3. The molecular formula is C12H16ClNO. The maximum Gasteiger partial charge on any atom is 0.253 e. The van der Waals surface area contributed by atoms with Gasteiger partial charge in [0.25, 0.3) is 5.91 Å². The number of hydrogen-bond acceptors (Lipinski definition) is 1. The van der Waals surface area contributed by atoms with Gasteiger partial charge >= 0.3 is 0 Å². The maximum absolute atomic E-state index is 11.9. The van der Waals surface area contributed by atoms with Crippen molar-refractivity contribution in [3.05, 3.63) is 34.9 Å². The van der Waals surface area contributed by atoms with Crippen LogP contribution in [0.3, 0.4) is 0 Å². The average Bonchev–Trinajstić information content (AvgIpc) is 2.15. The zero-order chi connectivity index (χ0) is 11.4. The first-order chi connectivity index (χ1) is 7.00. The summed E-state index contributed by atoms with van der Waals surface area (Å²) in [5, 5.41) is 0.596. The van der Waals surface area contributed by atoms with Crippen LogP contribution in [-0.4, -0.2) is 24.4 Å². The zero-order valence-electron chi connectivity index (χ0n) is 9.33. The lowest BCUT2D eigenvalue weighted by Gasteiger charge is -2.19. The van der Waals surface area contributed by atoms with Crippen molar-refractivity contribution >= 4 is 17.5 Å². The monoisotopic (exact) mass is 225 g/mol. The molecule has 1 aromatic rings. The summed E-state index contributed by atoms with van der Waals surface area (Å²) in [5.74, 6) is 0.490.